The molecule has 0 aliphatic carbocycles. The lowest BCUT2D eigenvalue weighted by Crippen LogP contribution is -2.50. The summed E-state index contributed by atoms with van der Waals surface area (Å²) < 4.78 is 33.5. The zero-order valence-corrected chi connectivity index (χ0v) is 17.9. The highest BCUT2D eigenvalue weighted by molar-refractivity contribution is 7.89. The van der Waals surface area contributed by atoms with Crippen LogP contribution in [-0.2, 0) is 24.3 Å². The normalized spacial score (nSPS) is 17.6. The Morgan fingerprint density at radius 2 is 1.61 bits per heavy atom. The number of amides is 2. The van der Waals surface area contributed by atoms with Crippen LogP contribution in [0.15, 0.2) is 4.90 Å². The molecule has 0 aromatic heterocycles. The predicted octanol–water partition coefficient (Wildman–Crippen LogP) is 0.610. The van der Waals surface area contributed by atoms with Crippen LogP contribution >= 0.6 is 0 Å². The summed E-state index contributed by atoms with van der Waals surface area (Å²) in [5.74, 6) is -0.865. The molecule has 2 rings (SSSR count). The number of hydrogen-bond acceptors (Lipinski definition) is 5. The topological polar surface area (TPSA) is 119 Å². The number of ether oxygens (including phenoxy) is 1. The fourth-order valence-corrected chi connectivity index (χ4v) is 5.07. The summed E-state index contributed by atoms with van der Waals surface area (Å²) in [5, 5.41) is 0. The average Bonchev–Trinajstić information content (AvgIpc) is 2.64. The molecule has 1 aliphatic heterocycles. The SMILES string of the molecule is Cc1c(C)c(C)c(S(=O)(=O)NCCC(=O)N2CCOC(C(N)=O)C2)c(C)c1C. The number of nitrogens with two attached hydrogens (primary N) is 1. The van der Waals surface area contributed by atoms with Crippen LogP contribution in [0.3, 0.4) is 0 Å². The predicted molar refractivity (Wildman–Crippen MR) is 105 cm³/mol. The Balaban J connectivity index is 2.07. The molecule has 1 aromatic carbocycles. The van der Waals surface area contributed by atoms with Gasteiger partial charge in [0.05, 0.1) is 18.0 Å². The average molecular weight is 412 g/mol. The van der Waals surface area contributed by atoms with Crippen molar-refractivity contribution in [1.29, 1.82) is 0 Å². The summed E-state index contributed by atoms with van der Waals surface area (Å²) in [6.45, 7) is 10.0. The van der Waals surface area contributed by atoms with Crippen LogP contribution in [0.1, 0.15) is 34.2 Å². The highest BCUT2D eigenvalue weighted by Crippen LogP contribution is 2.29. The van der Waals surface area contributed by atoms with Crippen molar-refractivity contribution in [3.05, 3.63) is 27.8 Å². The van der Waals surface area contributed by atoms with E-state index in [2.05, 4.69) is 4.72 Å². The van der Waals surface area contributed by atoms with Crippen LogP contribution < -0.4 is 10.5 Å². The first-order valence-electron chi connectivity index (χ1n) is 9.22. The van der Waals surface area contributed by atoms with Crippen molar-refractivity contribution in [2.75, 3.05) is 26.2 Å². The molecule has 1 heterocycles. The van der Waals surface area contributed by atoms with Gasteiger partial charge >= 0.3 is 0 Å². The zero-order chi connectivity index (χ0) is 21.2. The van der Waals surface area contributed by atoms with Gasteiger partial charge in [-0.1, -0.05) is 0 Å². The van der Waals surface area contributed by atoms with Crippen molar-refractivity contribution in [2.45, 2.75) is 52.0 Å². The van der Waals surface area contributed by atoms with E-state index in [-0.39, 0.29) is 36.9 Å². The Labute approximate surface area is 166 Å². The van der Waals surface area contributed by atoms with E-state index in [1.807, 2.05) is 20.8 Å². The Hall–Kier alpha value is -1.97. The van der Waals surface area contributed by atoms with Gasteiger partial charge in [-0.05, 0) is 62.4 Å². The molecule has 1 aliphatic rings. The molecule has 1 aromatic rings. The number of nitrogens with zero attached hydrogens (tertiary/aromatic N) is 1. The van der Waals surface area contributed by atoms with Crippen molar-refractivity contribution in [1.82, 2.24) is 9.62 Å². The number of primary amides is 1. The van der Waals surface area contributed by atoms with E-state index in [9.17, 15) is 18.0 Å². The molecule has 1 fully saturated rings. The Kier molecular flexibility index (Phi) is 6.84. The third-order valence-corrected chi connectivity index (χ3v) is 7.30. The number of nitrogens with one attached hydrogen (secondary N) is 1. The lowest BCUT2D eigenvalue weighted by molar-refractivity contribution is -0.145. The van der Waals surface area contributed by atoms with Crippen LogP contribution in [0, 0.1) is 34.6 Å². The van der Waals surface area contributed by atoms with Crippen molar-refractivity contribution >= 4 is 21.8 Å². The fraction of sp³-hybridized carbons (Fsp3) is 0.579. The third-order valence-electron chi connectivity index (χ3n) is 5.57. The van der Waals surface area contributed by atoms with E-state index >= 15 is 0 Å². The zero-order valence-electron chi connectivity index (χ0n) is 17.1. The number of sulfonamides is 1. The molecule has 0 spiro atoms. The Bertz CT molecular complexity index is 866. The second-order valence-electron chi connectivity index (χ2n) is 7.20. The molecule has 156 valence electrons. The van der Waals surface area contributed by atoms with Gasteiger partial charge in [-0.15, -0.1) is 0 Å². The maximum Gasteiger partial charge on any atom is 0.248 e. The Morgan fingerprint density at radius 1 is 1.07 bits per heavy atom. The van der Waals surface area contributed by atoms with Gasteiger partial charge in [0, 0.05) is 19.5 Å². The van der Waals surface area contributed by atoms with Crippen LogP contribution in [0.2, 0.25) is 0 Å². The number of hydrogen-bond donors (Lipinski definition) is 2. The summed E-state index contributed by atoms with van der Waals surface area (Å²) >= 11 is 0. The molecule has 0 saturated carbocycles. The molecule has 28 heavy (non-hydrogen) atoms. The molecule has 8 nitrogen and oxygen atoms in total. The third kappa shape index (κ3) is 4.53. The standard InChI is InChI=1S/C19H29N3O5S/c1-11-12(2)14(4)18(15(5)13(11)3)28(25,26)21-7-6-17(23)22-8-9-27-16(10-22)19(20)24/h16,21H,6-10H2,1-5H3,(H2,20,24). The molecule has 3 N–H and O–H groups in total. The second-order valence-corrected chi connectivity index (χ2v) is 8.91. The lowest BCUT2D eigenvalue weighted by atomic mass is 9.95. The quantitative estimate of drug-likeness (QED) is 0.711. The second kappa shape index (κ2) is 8.59. The molecule has 0 radical (unpaired) electrons. The largest absolute Gasteiger partial charge is 0.367 e. The maximum atomic E-state index is 12.9. The summed E-state index contributed by atoms with van der Waals surface area (Å²) in [6, 6.07) is 0. The summed E-state index contributed by atoms with van der Waals surface area (Å²) in [4.78, 5) is 25.3. The minimum Gasteiger partial charge on any atom is -0.367 e. The van der Waals surface area contributed by atoms with E-state index in [4.69, 9.17) is 10.5 Å². The number of benzene rings is 1. The minimum absolute atomic E-state index is 0.00731. The highest BCUT2D eigenvalue weighted by atomic mass is 32.2. The first-order valence-corrected chi connectivity index (χ1v) is 10.7. The number of rotatable bonds is 6. The first-order chi connectivity index (χ1) is 13.0. The van der Waals surface area contributed by atoms with E-state index in [0.717, 1.165) is 27.8 Å². The van der Waals surface area contributed by atoms with Crippen molar-refractivity contribution in [3.8, 4) is 0 Å². The van der Waals surface area contributed by atoms with Crippen molar-refractivity contribution in [2.24, 2.45) is 5.73 Å². The van der Waals surface area contributed by atoms with Gasteiger partial charge in [0.2, 0.25) is 21.8 Å². The first kappa shape index (κ1) is 22.3. The summed E-state index contributed by atoms with van der Waals surface area (Å²) in [6.07, 6.45) is -0.828. The van der Waals surface area contributed by atoms with Crippen LogP contribution in [0.4, 0.5) is 0 Å². The molecule has 1 unspecified atom stereocenters. The number of carbonyl (C=O) groups excluding carboxylic acids is 2. The molecular formula is C19H29N3O5S. The van der Waals surface area contributed by atoms with Gasteiger partial charge in [-0.2, -0.15) is 0 Å². The number of carbonyl (C=O) groups is 2. The van der Waals surface area contributed by atoms with E-state index in [1.165, 1.54) is 4.90 Å². The summed E-state index contributed by atoms with van der Waals surface area (Å²) in [7, 11) is -3.75. The molecular weight excluding hydrogens is 382 g/mol. The number of morpholine rings is 1. The van der Waals surface area contributed by atoms with Gasteiger partial charge in [0.25, 0.3) is 0 Å². The van der Waals surface area contributed by atoms with Gasteiger partial charge in [0.1, 0.15) is 0 Å². The van der Waals surface area contributed by atoms with Crippen LogP contribution in [0.5, 0.6) is 0 Å². The molecule has 0 bridgehead atoms. The van der Waals surface area contributed by atoms with E-state index in [0.29, 0.717) is 6.54 Å². The van der Waals surface area contributed by atoms with Crippen LogP contribution in [-0.4, -0.2) is 57.5 Å². The Morgan fingerprint density at radius 3 is 2.14 bits per heavy atom. The van der Waals surface area contributed by atoms with E-state index in [1.54, 1.807) is 13.8 Å². The molecule has 9 heteroatoms. The van der Waals surface area contributed by atoms with Gasteiger partial charge in [0.15, 0.2) is 6.10 Å². The van der Waals surface area contributed by atoms with Crippen LogP contribution in [0.25, 0.3) is 0 Å². The van der Waals surface area contributed by atoms with E-state index < -0.39 is 22.0 Å². The van der Waals surface area contributed by atoms with Crippen molar-refractivity contribution in [3.63, 3.8) is 0 Å². The monoisotopic (exact) mass is 411 g/mol. The lowest BCUT2D eigenvalue weighted by Gasteiger charge is -2.31. The van der Waals surface area contributed by atoms with Gasteiger partial charge in [-0.25, -0.2) is 13.1 Å². The highest BCUT2D eigenvalue weighted by Gasteiger charge is 2.28. The molecule has 1 atom stereocenters. The fourth-order valence-electron chi connectivity index (χ4n) is 3.44. The maximum absolute atomic E-state index is 12.9. The summed E-state index contributed by atoms with van der Waals surface area (Å²) in [5.41, 5.74) is 9.64. The molecule has 2 amide bonds. The van der Waals surface area contributed by atoms with Gasteiger partial charge < -0.3 is 15.4 Å². The van der Waals surface area contributed by atoms with Crippen molar-refractivity contribution < 1.29 is 22.7 Å². The van der Waals surface area contributed by atoms with Gasteiger partial charge in [-0.3, -0.25) is 9.59 Å². The smallest absolute Gasteiger partial charge is 0.248 e. The molecule has 1 saturated heterocycles. The minimum atomic E-state index is -3.75.